The number of anilines is 1. The molecule has 76 valence electrons. The Bertz CT molecular complexity index is 363. The molecule has 1 aromatic carbocycles. The van der Waals surface area contributed by atoms with E-state index < -0.39 is 0 Å². The first-order valence-electron chi connectivity index (χ1n) is 4.27. The lowest BCUT2D eigenvalue weighted by Gasteiger charge is -2.08. The SMILES string of the molecule is CCC(=O)c1ccc(OC)c(Cl)c1N. The highest BCUT2D eigenvalue weighted by molar-refractivity contribution is 6.35. The second-order valence-corrected chi connectivity index (χ2v) is 3.20. The zero-order valence-electron chi connectivity index (χ0n) is 8.13. The Balaban J connectivity index is 3.24. The summed E-state index contributed by atoms with van der Waals surface area (Å²) in [4.78, 5) is 11.4. The zero-order chi connectivity index (χ0) is 10.7. The number of carbonyl (C=O) groups excluding carboxylic acids is 1. The van der Waals surface area contributed by atoms with Gasteiger partial charge >= 0.3 is 0 Å². The number of nitrogens with two attached hydrogens (primary N) is 1. The summed E-state index contributed by atoms with van der Waals surface area (Å²) in [6.45, 7) is 1.78. The van der Waals surface area contributed by atoms with E-state index in [0.717, 1.165) is 0 Å². The highest BCUT2D eigenvalue weighted by atomic mass is 35.5. The molecule has 0 atom stereocenters. The molecule has 0 aromatic heterocycles. The number of halogens is 1. The highest BCUT2D eigenvalue weighted by Gasteiger charge is 2.13. The van der Waals surface area contributed by atoms with Gasteiger partial charge in [-0.2, -0.15) is 0 Å². The molecular formula is C10H12ClNO2. The second-order valence-electron chi connectivity index (χ2n) is 2.82. The number of ether oxygens (including phenoxy) is 1. The van der Waals surface area contributed by atoms with Crippen LogP contribution in [-0.4, -0.2) is 12.9 Å². The molecule has 0 fully saturated rings. The number of nitrogen functional groups attached to an aromatic ring is 1. The van der Waals surface area contributed by atoms with Crippen molar-refractivity contribution in [1.82, 2.24) is 0 Å². The van der Waals surface area contributed by atoms with Crippen LogP contribution in [0.2, 0.25) is 5.02 Å². The zero-order valence-corrected chi connectivity index (χ0v) is 8.89. The Hall–Kier alpha value is -1.22. The molecule has 0 spiro atoms. The molecule has 0 amide bonds. The molecule has 1 aromatic rings. The maximum Gasteiger partial charge on any atom is 0.164 e. The first-order valence-corrected chi connectivity index (χ1v) is 4.64. The van der Waals surface area contributed by atoms with Gasteiger partial charge in [-0.3, -0.25) is 4.79 Å². The van der Waals surface area contributed by atoms with Gasteiger partial charge in [-0.25, -0.2) is 0 Å². The van der Waals surface area contributed by atoms with E-state index in [1.54, 1.807) is 19.1 Å². The van der Waals surface area contributed by atoms with Crippen LogP contribution in [-0.2, 0) is 0 Å². The third-order valence-electron chi connectivity index (χ3n) is 1.99. The third kappa shape index (κ3) is 1.82. The number of hydrogen-bond donors (Lipinski definition) is 1. The molecule has 0 saturated carbocycles. The molecule has 0 bridgehead atoms. The molecule has 0 aliphatic heterocycles. The molecule has 0 aliphatic carbocycles. The maximum atomic E-state index is 11.4. The fourth-order valence-electron chi connectivity index (χ4n) is 1.16. The van der Waals surface area contributed by atoms with E-state index in [9.17, 15) is 4.79 Å². The Morgan fingerprint density at radius 3 is 2.71 bits per heavy atom. The van der Waals surface area contributed by atoms with Crippen molar-refractivity contribution in [1.29, 1.82) is 0 Å². The van der Waals surface area contributed by atoms with Crippen molar-refractivity contribution in [3.05, 3.63) is 22.7 Å². The number of benzene rings is 1. The molecular weight excluding hydrogens is 202 g/mol. The number of methoxy groups -OCH3 is 1. The van der Waals surface area contributed by atoms with Gasteiger partial charge in [0.25, 0.3) is 0 Å². The second kappa shape index (κ2) is 4.33. The normalized spacial score (nSPS) is 9.93. The molecule has 1 rings (SSSR count). The first-order chi connectivity index (χ1) is 6.61. The summed E-state index contributed by atoms with van der Waals surface area (Å²) in [6, 6.07) is 3.27. The van der Waals surface area contributed by atoms with Crippen LogP contribution in [0.4, 0.5) is 5.69 Å². The predicted octanol–water partition coefficient (Wildman–Crippen LogP) is 2.52. The van der Waals surface area contributed by atoms with Gasteiger partial charge in [-0.05, 0) is 12.1 Å². The smallest absolute Gasteiger partial charge is 0.164 e. The number of carbonyl (C=O) groups is 1. The van der Waals surface area contributed by atoms with Crippen LogP contribution in [0.15, 0.2) is 12.1 Å². The van der Waals surface area contributed by atoms with E-state index in [1.807, 2.05) is 0 Å². The van der Waals surface area contributed by atoms with Gasteiger partial charge in [-0.15, -0.1) is 0 Å². The summed E-state index contributed by atoms with van der Waals surface area (Å²) in [7, 11) is 1.50. The molecule has 0 heterocycles. The lowest BCUT2D eigenvalue weighted by atomic mass is 10.1. The molecule has 2 N–H and O–H groups in total. The molecule has 14 heavy (non-hydrogen) atoms. The van der Waals surface area contributed by atoms with E-state index in [-0.39, 0.29) is 11.5 Å². The molecule has 0 radical (unpaired) electrons. The molecule has 3 nitrogen and oxygen atoms in total. The summed E-state index contributed by atoms with van der Waals surface area (Å²) < 4.78 is 4.97. The van der Waals surface area contributed by atoms with E-state index in [2.05, 4.69) is 0 Å². The average molecular weight is 214 g/mol. The van der Waals surface area contributed by atoms with E-state index in [4.69, 9.17) is 22.1 Å². The van der Waals surface area contributed by atoms with Gasteiger partial charge in [0.2, 0.25) is 0 Å². The van der Waals surface area contributed by atoms with E-state index >= 15 is 0 Å². The summed E-state index contributed by atoms with van der Waals surface area (Å²) in [6.07, 6.45) is 0.410. The number of hydrogen-bond acceptors (Lipinski definition) is 3. The van der Waals surface area contributed by atoms with Crippen molar-refractivity contribution in [2.75, 3.05) is 12.8 Å². The average Bonchev–Trinajstić information content (AvgIpc) is 2.21. The van der Waals surface area contributed by atoms with Crippen LogP contribution in [0, 0.1) is 0 Å². The quantitative estimate of drug-likeness (QED) is 0.620. The molecule has 0 unspecified atom stereocenters. The lowest BCUT2D eigenvalue weighted by Crippen LogP contribution is -2.03. The topological polar surface area (TPSA) is 52.3 Å². The van der Waals surface area contributed by atoms with E-state index in [0.29, 0.717) is 22.8 Å². The van der Waals surface area contributed by atoms with E-state index in [1.165, 1.54) is 7.11 Å². The van der Waals surface area contributed by atoms with Gasteiger partial charge in [-0.1, -0.05) is 18.5 Å². The number of Topliss-reactive ketones (excluding diaryl/α,β-unsaturated/α-hetero) is 1. The first kappa shape index (κ1) is 10.9. The molecule has 4 heteroatoms. The Morgan fingerprint density at radius 1 is 1.57 bits per heavy atom. The third-order valence-corrected chi connectivity index (χ3v) is 2.38. The molecule has 0 aliphatic rings. The van der Waals surface area contributed by atoms with Crippen molar-refractivity contribution >= 4 is 23.1 Å². The fourth-order valence-corrected chi connectivity index (χ4v) is 1.41. The van der Waals surface area contributed by atoms with Gasteiger partial charge < -0.3 is 10.5 Å². The van der Waals surface area contributed by atoms with Crippen molar-refractivity contribution < 1.29 is 9.53 Å². The van der Waals surface area contributed by atoms with Crippen molar-refractivity contribution in [3.8, 4) is 5.75 Å². The minimum absolute atomic E-state index is 0.0212. The predicted molar refractivity (Wildman–Crippen MR) is 57.0 cm³/mol. The van der Waals surface area contributed by atoms with Crippen LogP contribution < -0.4 is 10.5 Å². The van der Waals surface area contributed by atoms with Crippen molar-refractivity contribution in [3.63, 3.8) is 0 Å². The van der Waals surface area contributed by atoms with Crippen LogP contribution >= 0.6 is 11.6 Å². The number of ketones is 1. The highest BCUT2D eigenvalue weighted by Crippen LogP contribution is 2.33. The van der Waals surface area contributed by atoms with Gasteiger partial charge in [0, 0.05) is 12.0 Å². The number of rotatable bonds is 3. The van der Waals surface area contributed by atoms with Crippen LogP contribution in [0.5, 0.6) is 5.75 Å². The van der Waals surface area contributed by atoms with Crippen molar-refractivity contribution in [2.45, 2.75) is 13.3 Å². The maximum absolute atomic E-state index is 11.4. The summed E-state index contributed by atoms with van der Waals surface area (Å²) in [5, 5.41) is 0.298. The monoisotopic (exact) mass is 213 g/mol. The largest absolute Gasteiger partial charge is 0.495 e. The minimum atomic E-state index is -0.0212. The Labute approximate surface area is 87.8 Å². The Kier molecular flexibility index (Phi) is 3.36. The fraction of sp³-hybridized carbons (Fsp3) is 0.300. The van der Waals surface area contributed by atoms with Crippen LogP contribution in [0.1, 0.15) is 23.7 Å². The summed E-state index contributed by atoms with van der Waals surface area (Å²) >= 11 is 5.90. The Morgan fingerprint density at radius 2 is 2.21 bits per heavy atom. The standard InChI is InChI=1S/C10H12ClNO2/c1-3-7(13)6-4-5-8(14-2)9(11)10(6)12/h4-5H,3,12H2,1-2H3. The van der Waals surface area contributed by atoms with Gasteiger partial charge in [0.1, 0.15) is 10.8 Å². The van der Waals surface area contributed by atoms with Gasteiger partial charge in [0.15, 0.2) is 5.78 Å². The lowest BCUT2D eigenvalue weighted by molar-refractivity contribution is 0.0989. The van der Waals surface area contributed by atoms with Gasteiger partial charge in [0.05, 0.1) is 12.8 Å². The van der Waals surface area contributed by atoms with Crippen LogP contribution in [0.25, 0.3) is 0 Å². The summed E-state index contributed by atoms with van der Waals surface area (Å²) in [5.74, 6) is 0.462. The summed E-state index contributed by atoms with van der Waals surface area (Å²) in [5.41, 5.74) is 6.45. The van der Waals surface area contributed by atoms with Crippen LogP contribution in [0.3, 0.4) is 0 Å². The molecule has 0 saturated heterocycles. The minimum Gasteiger partial charge on any atom is -0.495 e. The van der Waals surface area contributed by atoms with Crippen molar-refractivity contribution in [2.24, 2.45) is 0 Å².